The number of aromatic nitrogens is 1. The van der Waals surface area contributed by atoms with Gasteiger partial charge in [-0.2, -0.15) is 0 Å². The van der Waals surface area contributed by atoms with E-state index in [1.54, 1.807) is 0 Å². The van der Waals surface area contributed by atoms with Crippen LogP contribution in [0.4, 0.5) is 9.52 Å². The fourth-order valence-corrected chi connectivity index (χ4v) is 3.01. The van der Waals surface area contributed by atoms with Crippen molar-refractivity contribution in [2.45, 2.75) is 13.0 Å². The molecule has 0 radical (unpaired) electrons. The number of anilines is 1. The molecule has 0 aliphatic rings. The number of esters is 1. The zero-order valence-electron chi connectivity index (χ0n) is 15.0. The molecule has 0 aliphatic heterocycles. The maximum absolute atomic E-state index is 12.9. The summed E-state index contributed by atoms with van der Waals surface area (Å²) in [4.78, 5) is 28.4. The van der Waals surface area contributed by atoms with Gasteiger partial charge in [0.25, 0.3) is 5.91 Å². The molecule has 0 fully saturated rings. The van der Waals surface area contributed by atoms with Gasteiger partial charge in [-0.15, -0.1) is 11.3 Å². The normalized spacial score (nSPS) is 11.9. The maximum atomic E-state index is 12.9. The van der Waals surface area contributed by atoms with Gasteiger partial charge >= 0.3 is 5.97 Å². The van der Waals surface area contributed by atoms with E-state index >= 15 is 0 Å². The Morgan fingerprint density at radius 1 is 1.14 bits per heavy atom. The summed E-state index contributed by atoms with van der Waals surface area (Å²) in [5.41, 5.74) is 2.35. The van der Waals surface area contributed by atoms with Gasteiger partial charge in [-0.3, -0.25) is 10.1 Å². The van der Waals surface area contributed by atoms with E-state index in [-0.39, 0.29) is 5.82 Å². The Labute approximate surface area is 165 Å². The quantitative estimate of drug-likeness (QED) is 0.491. The van der Waals surface area contributed by atoms with Gasteiger partial charge in [0, 0.05) is 17.0 Å². The van der Waals surface area contributed by atoms with Gasteiger partial charge in [-0.25, -0.2) is 14.2 Å². The van der Waals surface area contributed by atoms with Crippen molar-refractivity contribution in [1.29, 1.82) is 0 Å². The summed E-state index contributed by atoms with van der Waals surface area (Å²) < 4.78 is 17.9. The third-order valence-corrected chi connectivity index (χ3v) is 4.51. The highest BCUT2D eigenvalue weighted by molar-refractivity contribution is 7.14. The molecular formula is C21H17FN2O3S. The number of halogens is 1. The number of benzene rings is 2. The van der Waals surface area contributed by atoms with Crippen LogP contribution in [0, 0.1) is 5.82 Å². The van der Waals surface area contributed by atoms with Crippen LogP contribution in [-0.4, -0.2) is 23.0 Å². The number of thiazole rings is 1. The van der Waals surface area contributed by atoms with Gasteiger partial charge in [0.05, 0.1) is 5.69 Å². The van der Waals surface area contributed by atoms with E-state index in [0.29, 0.717) is 10.7 Å². The lowest BCUT2D eigenvalue weighted by Gasteiger charge is -2.10. The van der Waals surface area contributed by atoms with Gasteiger partial charge in [0.15, 0.2) is 11.2 Å². The van der Waals surface area contributed by atoms with Crippen LogP contribution in [0.3, 0.4) is 0 Å². The molecule has 1 N–H and O–H groups in total. The third kappa shape index (κ3) is 5.34. The summed E-state index contributed by atoms with van der Waals surface area (Å²) in [7, 11) is 0. The lowest BCUT2D eigenvalue weighted by atomic mass is 10.2. The molecule has 0 aliphatic carbocycles. The monoisotopic (exact) mass is 396 g/mol. The summed E-state index contributed by atoms with van der Waals surface area (Å²) in [6.45, 7) is 1.48. The molecule has 1 aromatic heterocycles. The minimum atomic E-state index is -0.991. The highest BCUT2D eigenvalue weighted by atomic mass is 32.1. The largest absolute Gasteiger partial charge is 0.449 e. The van der Waals surface area contributed by atoms with Gasteiger partial charge in [-0.05, 0) is 30.7 Å². The van der Waals surface area contributed by atoms with Crippen LogP contribution in [-0.2, 0) is 14.3 Å². The van der Waals surface area contributed by atoms with Crippen LogP contribution in [0.1, 0.15) is 12.5 Å². The first-order chi connectivity index (χ1) is 13.5. The second kappa shape index (κ2) is 9.05. The number of hydrogen-bond donors (Lipinski definition) is 1. The number of nitrogens with one attached hydrogen (secondary N) is 1. The average Bonchev–Trinajstić information content (AvgIpc) is 3.16. The highest BCUT2D eigenvalue weighted by Gasteiger charge is 2.18. The number of nitrogens with zero attached hydrogens (tertiary/aromatic N) is 1. The van der Waals surface area contributed by atoms with Crippen molar-refractivity contribution in [3.8, 4) is 11.3 Å². The Morgan fingerprint density at radius 3 is 2.57 bits per heavy atom. The van der Waals surface area contributed by atoms with Crippen molar-refractivity contribution in [3.63, 3.8) is 0 Å². The molecular weight excluding hydrogens is 379 g/mol. The Morgan fingerprint density at radius 2 is 1.86 bits per heavy atom. The maximum Gasteiger partial charge on any atom is 0.331 e. The molecule has 3 aromatic rings. The lowest BCUT2D eigenvalue weighted by molar-refractivity contribution is -0.148. The second-order valence-electron chi connectivity index (χ2n) is 5.86. The molecule has 0 bridgehead atoms. The van der Waals surface area contributed by atoms with E-state index < -0.39 is 18.0 Å². The number of ether oxygens (including phenoxy) is 1. The molecule has 5 nitrogen and oxygen atoms in total. The molecule has 1 heterocycles. The minimum Gasteiger partial charge on any atom is -0.449 e. The molecule has 2 aromatic carbocycles. The number of hydrogen-bond acceptors (Lipinski definition) is 5. The highest BCUT2D eigenvalue weighted by Crippen LogP contribution is 2.24. The lowest BCUT2D eigenvalue weighted by Crippen LogP contribution is -2.29. The predicted molar refractivity (Wildman–Crippen MR) is 107 cm³/mol. The standard InChI is InChI=1S/C21H17FN2O3S/c1-14(27-19(25)12-9-15-7-10-17(22)11-8-15)20(26)24-21-23-18(13-28-21)16-5-3-2-4-6-16/h2-14H,1H3,(H,23,24,26)/b12-9+/t14-/m0/s1. The molecule has 1 atom stereocenters. The Hall–Kier alpha value is -3.32. The average molecular weight is 396 g/mol. The van der Waals surface area contributed by atoms with Crippen molar-refractivity contribution < 1.29 is 18.7 Å². The van der Waals surface area contributed by atoms with E-state index in [4.69, 9.17) is 4.74 Å². The smallest absolute Gasteiger partial charge is 0.331 e. The van der Waals surface area contributed by atoms with Gasteiger partial charge in [-0.1, -0.05) is 42.5 Å². The van der Waals surface area contributed by atoms with Crippen molar-refractivity contribution >= 4 is 34.4 Å². The zero-order valence-corrected chi connectivity index (χ0v) is 15.8. The van der Waals surface area contributed by atoms with Crippen LogP contribution in [0.15, 0.2) is 66.1 Å². The second-order valence-corrected chi connectivity index (χ2v) is 6.72. The van der Waals surface area contributed by atoms with Gasteiger partial charge < -0.3 is 4.74 Å². The van der Waals surface area contributed by atoms with Crippen molar-refractivity contribution in [1.82, 2.24) is 4.98 Å². The fraction of sp³-hybridized carbons (Fsp3) is 0.0952. The number of carbonyl (C=O) groups is 2. The molecule has 0 spiro atoms. The number of rotatable bonds is 6. The topological polar surface area (TPSA) is 68.3 Å². The summed E-state index contributed by atoms with van der Waals surface area (Å²) in [6.07, 6.45) is 1.68. The Balaban J connectivity index is 1.53. The molecule has 0 saturated heterocycles. The van der Waals surface area contributed by atoms with E-state index in [0.717, 1.165) is 11.3 Å². The summed E-state index contributed by atoms with van der Waals surface area (Å²) in [6, 6.07) is 15.2. The predicted octanol–water partition coefficient (Wildman–Crippen LogP) is 4.53. The van der Waals surface area contributed by atoms with Gasteiger partial charge in [0.1, 0.15) is 5.82 Å². The van der Waals surface area contributed by atoms with Crippen LogP contribution < -0.4 is 5.32 Å². The van der Waals surface area contributed by atoms with Crippen molar-refractivity contribution in [2.75, 3.05) is 5.32 Å². The third-order valence-electron chi connectivity index (χ3n) is 3.75. The van der Waals surface area contributed by atoms with Crippen LogP contribution in [0.2, 0.25) is 0 Å². The zero-order chi connectivity index (χ0) is 19.9. The molecule has 0 saturated carbocycles. The Kier molecular flexibility index (Phi) is 6.29. The Bertz CT molecular complexity index is 984. The number of carbonyl (C=O) groups excluding carboxylic acids is 2. The summed E-state index contributed by atoms with van der Waals surface area (Å²) in [5.74, 6) is -1.50. The molecule has 7 heteroatoms. The molecule has 1 amide bonds. The first kappa shape index (κ1) is 19.4. The van der Waals surface area contributed by atoms with E-state index in [1.807, 2.05) is 35.7 Å². The van der Waals surface area contributed by atoms with Crippen LogP contribution in [0.25, 0.3) is 17.3 Å². The van der Waals surface area contributed by atoms with Gasteiger partial charge in [0.2, 0.25) is 0 Å². The number of amides is 1. The van der Waals surface area contributed by atoms with Crippen molar-refractivity contribution in [3.05, 3.63) is 77.4 Å². The van der Waals surface area contributed by atoms with Crippen LogP contribution >= 0.6 is 11.3 Å². The molecule has 0 unspecified atom stereocenters. The molecule has 142 valence electrons. The van der Waals surface area contributed by atoms with Crippen molar-refractivity contribution in [2.24, 2.45) is 0 Å². The molecule has 28 heavy (non-hydrogen) atoms. The van der Waals surface area contributed by atoms with Crippen LogP contribution in [0.5, 0.6) is 0 Å². The van der Waals surface area contributed by atoms with E-state index in [2.05, 4.69) is 10.3 Å². The molecule has 3 rings (SSSR count). The summed E-state index contributed by atoms with van der Waals surface area (Å²) in [5, 5.41) is 4.91. The van der Waals surface area contributed by atoms with E-state index in [1.165, 1.54) is 54.7 Å². The fourth-order valence-electron chi connectivity index (χ4n) is 2.28. The van der Waals surface area contributed by atoms with E-state index in [9.17, 15) is 14.0 Å². The first-order valence-electron chi connectivity index (χ1n) is 8.47. The summed E-state index contributed by atoms with van der Waals surface area (Å²) >= 11 is 1.29. The minimum absolute atomic E-state index is 0.359. The first-order valence-corrected chi connectivity index (χ1v) is 9.35. The SMILES string of the molecule is C[C@H](OC(=O)/C=C/c1ccc(F)cc1)C(=O)Nc1nc(-c2ccccc2)cs1.